The largest absolute Gasteiger partial charge is 1.00 e. The maximum atomic E-state index is 12.8. The molecule has 0 aliphatic heterocycles. The van der Waals surface area contributed by atoms with Gasteiger partial charge in [-0.15, -0.1) is 0 Å². The quantitative estimate of drug-likeness (QED) is 0.519. The number of hydrogen-bond donors (Lipinski definition) is 0. The van der Waals surface area contributed by atoms with Crippen molar-refractivity contribution in [2.45, 2.75) is 45.6 Å². The number of unbranched alkanes of at least 4 members (excludes halogenated alkanes) is 2. The van der Waals surface area contributed by atoms with E-state index >= 15 is 0 Å². The van der Waals surface area contributed by atoms with Crippen molar-refractivity contribution in [2.75, 3.05) is 0 Å². The lowest BCUT2D eigenvalue weighted by atomic mass is 10.1. The van der Waals surface area contributed by atoms with Crippen molar-refractivity contribution in [2.24, 2.45) is 0 Å². The second kappa shape index (κ2) is 9.67. The number of aryl methyl sites for hydroxylation is 3. The molecule has 0 atom stereocenters. The minimum Gasteiger partial charge on any atom is -1.00 e. The summed E-state index contributed by atoms with van der Waals surface area (Å²) in [5.74, 6) is -0.165. The number of nitrogens with zero attached hydrogens (tertiary/aromatic N) is 1. The molecule has 1 heterocycles. The average Bonchev–Trinajstić information content (AvgIpc) is 2.48. The molecule has 0 aliphatic carbocycles. The molecular formula is C18H23BrFN. The Labute approximate surface area is 137 Å². The van der Waals surface area contributed by atoms with E-state index in [1.807, 2.05) is 12.1 Å². The summed E-state index contributed by atoms with van der Waals surface area (Å²) in [5, 5.41) is 0. The lowest BCUT2D eigenvalue weighted by molar-refractivity contribution is -0.697. The van der Waals surface area contributed by atoms with Gasteiger partial charge >= 0.3 is 0 Å². The Bertz CT molecular complexity index is 508. The van der Waals surface area contributed by atoms with Gasteiger partial charge in [0.1, 0.15) is 12.4 Å². The van der Waals surface area contributed by atoms with Gasteiger partial charge in [-0.25, -0.2) is 8.96 Å². The van der Waals surface area contributed by atoms with Crippen molar-refractivity contribution < 1.29 is 25.9 Å². The van der Waals surface area contributed by atoms with Crippen LogP contribution in [0.5, 0.6) is 0 Å². The van der Waals surface area contributed by atoms with E-state index in [-0.39, 0.29) is 22.8 Å². The zero-order chi connectivity index (χ0) is 14.2. The smallest absolute Gasteiger partial charge is 0.169 e. The normalized spacial score (nSPS) is 10.2. The molecule has 114 valence electrons. The summed E-state index contributed by atoms with van der Waals surface area (Å²) in [6, 6.07) is 11.2. The predicted octanol–water partition coefficient (Wildman–Crippen LogP) is 1.09. The lowest BCUT2D eigenvalue weighted by Crippen LogP contribution is -3.00. The number of aromatic nitrogens is 1. The molecule has 1 nitrogen and oxygen atoms in total. The molecule has 0 N–H and O–H groups in total. The average molecular weight is 352 g/mol. The highest BCUT2D eigenvalue weighted by Crippen LogP contribution is 2.07. The Balaban J connectivity index is 0.00000220. The minimum absolute atomic E-state index is 0. The van der Waals surface area contributed by atoms with E-state index in [0.29, 0.717) is 0 Å². The molecule has 0 saturated heterocycles. The molecule has 0 amide bonds. The number of pyridine rings is 1. The first kappa shape index (κ1) is 17.8. The number of benzene rings is 1. The van der Waals surface area contributed by atoms with Gasteiger partial charge in [-0.3, -0.25) is 0 Å². The summed E-state index contributed by atoms with van der Waals surface area (Å²) < 4.78 is 15.1. The van der Waals surface area contributed by atoms with Crippen LogP contribution in [0.25, 0.3) is 0 Å². The molecule has 0 radical (unpaired) electrons. The molecule has 21 heavy (non-hydrogen) atoms. The fourth-order valence-electron chi connectivity index (χ4n) is 2.29. The molecule has 0 spiro atoms. The van der Waals surface area contributed by atoms with Gasteiger partial charge in [0.2, 0.25) is 0 Å². The molecular weight excluding hydrogens is 329 g/mol. The molecule has 3 heteroatoms. The summed E-state index contributed by atoms with van der Waals surface area (Å²) in [4.78, 5) is 0. The minimum atomic E-state index is -0.165. The van der Waals surface area contributed by atoms with E-state index in [9.17, 15) is 4.39 Å². The van der Waals surface area contributed by atoms with Crippen molar-refractivity contribution in [1.82, 2.24) is 0 Å². The Hall–Kier alpha value is -1.22. The zero-order valence-electron chi connectivity index (χ0n) is 12.6. The molecule has 1 aromatic heterocycles. The van der Waals surface area contributed by atoms with Crippen LogP contribution in [0, 0.1) is 5.82 Å². The summed E-state index contributed by atoms with van der Waals surface area (Å²) in [6.07, 6.45) is 10.1. The maximum Gasteiger partial charge on any atom is 0.169 e. The van der Waals surface area contributed by atoms with Crippen LogP contribution in [0.15, 0.2) is 48.8 Å². The molecule has 0 aliphatic rings. The van der Waals surface area contributed by atoms with Gasteiger partial charge in [-0.1, -0.05) is 25.5 Å². The van der Waals surface area contributed by atoms with Crippen molar-refractivity contribution in [3.05, 3.63) is 65.7 Å². The SMILES string of the molecule is CCCCC[n+]1ccc(CCc2ccc(F)cc2)cc1.[Br-]. The first-order chi connectivity index (χ1) is 9.78. The third-order valence-corrected chi connectivity index (χ3v) is 3.60. The molecule has 2 rings (SSSR count). The molecule has 0 fully saturated rings. The van der Waals surface area contributed by atoms with Crippen LogP contribution < -0.4 is 21.5 Å². The highest BCUT2D eigenvalue weighted by molar-refractivity contribution is 5.18. The predicted molar refractivity (Wildman–Crippen MR) is 80.0 cm³/mol. The Kier molecular flexibility index (Phi) is 8.21. The van der Waals surface area contributed by atoms with Gasteiger partial charge in [0.15, 0.2) is 12.4 Å². The standard InChI is InChI=1S/C18H23FN.BrH/c1-2-3-4-13-20-14-11-17(12-15-20)6-5-16-7-9-18(19)10-8-16;/h7-12,14-15H,2-6,13H2,1H3;1H/q+1;/p-1. The van der Waals surface area contributed by atoms with E-state index in [2.05, 4.69) is 36.0 Å². The monoisotopic (exact) mass is 351 g/mol. The van der Waals surface area contributed by atoms with Crippen LogP contribution in [0.3, 0.4) is 0 Å². The fraction of sp³-hybridized carbons (Fsp3) is 0.389. The van der Waals surface area contributed by atoms with Crippen LogP contribution in [-0.4, -0.2) is 0 Å². The van der Waals surface area contributed by atoms with E-state index < -0.39 is 0 Å². The van der Waals surface area contributed by atoms with Crippen molar-refractivity contribution >= 4 is 0 Å². The first-order valence-electron chi connectivity index (χ1n) is 7.50. The summed E-state index contributed by atoms with van der Waals surface area (Å²) in [5.41, 5.74) is 2.52. The highest BCUT2D eigenvalue weighted by atomic mass is 79.9. The number of hydrogen-bond acceptors (Lipinski definition) is 0. The van der Waals surface area contributed by atoms with Crippen LogP contribution in [0.2, 0.25) is 0 Å². The van der Waals surface area contributed by atoms with Gasteiger partial charge in [0.05, 0.1) is 0 Å². The van der Waals surface area contributed by atoms with Crippen molar-refractivity contribution in [1.29, 1.82) is 0 Å². The first-order valence-corrected chi connectivity index (χ1v) is 7.50. The molecule has 2 aromatic rings. The Morgan fingerprint density at radius 2 is 1.43 bits per heavy atom. The van der Waals surface area contributed by atoms with E-state index in [1.165, 1.54) is 42.5 Å². The summed E-state index contributed by atoms with van der Waals surface area (Å²) in [6.45, 7) is 3.33. The van der Waals surface area contributed by atoms with Crippen LogP contribution >= 0.6 is 0 Å². The van der Waals surface area contributed by atoms with Crippen LogP contribution in [0.4, 0.5) is 4.39 Å². The van der Waals surface area contributed by atoms with Crippen LogP contribution in [0.1, 0.15) is 37.3 Å². The number of rotatable bonds is 7. The summed E-state index contributed by atoms with van der Waals surface area (Å²) in [7, 11) is 0. The van der Waals surface area contributed by atoms with Crippen molar-refractivity contribution in [3.63, 3.8) is 0 Å². The van der Waals surface area contributed by atoms with Gasteiger partial charge in [0, 0.05) is 18.6 Å². The second-order valence-corrected chi connectivity index (χ2v) is 5.28. The molecule has 0 unspecified atom stereocenters. The second-order valence-electron chi connectivity index (χ2n) is 5.28. The van der Waals surface area contributed by atoms with Crippen molar-refractivity contribution in [3.8, 4) is 0 Å². The van der Waals surface area contributed by atoms with Gasteiger partial charge in [-0.2, -0.15) is 0 Å². The third kappa shape index (κ3) is 6.38. The maximum absolute atomic E-state index is 12.8. The van der Waals surface area contributed by atoms with Gasteiger partial charge in [-0.05, 0) is 42.5 Å². The van der Waals surface area contributed by atoms with E-state index in [0.717, 1.165) is 19.4 Å². The highest BCUT2D eigenvalue weighted by Gasteiger charge is 2.01. The molecule has 1 aromatic carbocycles. The van der Waals surface area contributed by atoms with Crippen LogP contribution in [-0.2, 0) is 19.4 Å². The number of halogens is 2. The van der Waals surface area contributed by atoms with Gasteiger partial charge in [0.25, 0.3) is 0 Å². The van der Waals surface area contributed by atoms with E-state index in [4.69, 9.17) is 0 Å². The fourth-order valence-corrected chi connectivity index (χ4v) is 2.29. The zero-order valence-corrected chi connectivity index (χ0v) is 14.2. The third-order valence-electron chi connectivity index (χ3n) is 3.60. The Morgan fingerprint density at radius 1 is 0.857 bits per heavy atom. The van der Waals surface area contributed by atoms with E-state index in [1.54, 1.807) is 0 Å². The van der Waals surface area contributed by atoms with Gasteiger partial charge < -0.3 is 17.0 Å². The molecule has 0 saturated carbocycles. The Morgan fingerprint density at radius 3 is 2.00 bits per heavy atom. The topological polar surface area (TPSA) is 3.88 Å². The molecule has 0 bridgehead atoms. The lowest BCUT2D eigenvalue weighted by Gasteiger charge is -2.02. The summed E-state index contributed by atoms with van der Waals surface area (Å²) >= 11 is 0.